The van der Waals surface area contributed by atoms with Crippen molar-refractivity contribution in [3.63, 3.8) is 0 Å². The normalized spacial score (nSPS) is 16.6. The van der Waals surface area contributed by atoms with E-state index in [1.807, 2.05) is 25.1 Å². The molecule has 7 heteroatoms. The molecule has 0 spiro atoms. The fourth-order valence-electron chi connectivity index (χ4n) is 1.92. The van der Waals surface area contributed by atoms with Crippen molar-refractivity contribution in [2.75, 3.05) is 13.1 Å². The summed E-state index contributed by atoms with van der Waals surface area (Å²) in [4.78, 5) is 6.46. The summed E-state index contributed by atoms with van der Waals surface area (Å²) in [5, 5.41) is 9.26. The van der Waals surface area contributed by atoms with Gasteiger partial charge in [0.2, 0.25) is 0 Å². The Labute approximate surface area is 138 Å². The quantitative estimate of drug-likeness (QED) is 0.266. The first kappa shape index (κ1) is 17.5. The molecule has 0 saturated carbocycles. The van der Waals surface area contributed by atoms with Crippen LogP contribution in [-0.2, 0) is 27.7 Å². The van der Waals surface area contributed by atoms with E-state index in [9.17, 15) is 0 Å². The first-order valence-electron chi connectivity index (χ1n) is 6.39. The molecule has 1 fully saturated rings. The Morgan fingerprint density at radius 3 is 2.55 bits per heavy atom. The third-order valence-electron chi connectivity index (χ3n) is 2.99. The second kappa shape index (κ2) is 10.2. The number of hydrogen-bond donors (Lipinski definition) is 0. The monoisotopic (exact) mass is 361 g/mol. The molecule has 0 amide bonds. The number of amidine groups is 1. The molecule has 0 atom stereocenters. The van der Waals surface area contributed by atoms with E-state index in [2.05, 4.69) is 57.9 Å². The molecule has 0 unspecified atom stereocenters. The van der Waals surface area contributed by atoms with Gasteiger partial charge in [0.15, 0.2) is 0 Å². The van der Waals surface area contributed by atoms with Crippen molar-refractivity contribution >= 4 is 33.6 Å². The third-order valence-corrected chi connectivity index (χ3v) is 3.40. The molecule has 0 aliphatic carbocycles. The second-order valence-electron chi connectivity index (χ2n) is 4.37. The molecule has 0 radical (unpaired) electrons. The van der Waals surface area contributed by atoms with Crippen LogP contribution in [0.1, 0.15) is 31.9 Å². The molecule has 0 aromatic carbocycles. The van der Waals surface area contributed by atoms with E-state index >= 15 is 0 Å². The molecule has 1 aliphatic rings. The Bertz CT molecular complexity index is 447. The third kappa shape index (κ3) is 5.83. The van der Waals surface area contributed by atoms with Crippen molar-refractivity contribution in [1.82, 2.24) is 9.88 Å². The fourth-order valence-corrected chi connectivity index (χ4v) is 2.19. The molecule has 0 bridgehead atoms. The van der Waals surface area contributed by atoms with Gasteiger partial charge in [0.25, 0.3) is 0 Å². The van der Waals surface area contributed by atoms with Gasteiger partial charge in [0, 0.05) is 31.9 Å². The van der Waals surface area contributed by atoms with Gasteiger partial charge in [-0.2, -0.15) is 0 Å². The van der Waals surface area contributed by atoms with Gasteiger partial charge in [-0.25, -0.2) is 0 Å². The molecule has 1 aromatic rings. The van der Waals surface area contributed by atoms with Crippen LogP contribution in [0.2, 0.25) is 0 Å². The predicted molar refractivity (Wildman–Crippen MR) is 85.3 cm³/mol. The van der Waals surface area contributed by atoms with Crippen LogP contribution in [0, 0.1) is 0 Å². The molecule has 2 rings (SSSR count). The van der Waals surface area contributed by atoms with E-state index in [1.54, 1.807) is 6.20 Å². The SMILES string of the molecule is CC(=NN=C([SH2+])N1CCCCC1)c1ccccn1.[Cl][Cu+]. The Hall–Kier alpha value is -0.551. The molecule has 1 saturated heterocycles. The average Bonchev–Trinajstić information content (AvgIpc) is 2.55. The number of halogens is 1. The van der Waals surface area contributed by atoms with Crippen molar-refractivity contribution in [2.24, 2.45) is 10.2 Å². The minimum atomic E-state index is 0.810. The number of likely N-dealkylation sites (tertiary alicyclic amines) is 1. The van der Waals surface area contributed by atoms with Crippen LogP contribution in [-0.4, -0.2) is 33.9 Å². The summed E-state index contributed by atoms with van der Waals surface area (Å²) >= 11 is 7.20. The van der Waals surface area contributed by atoms with E-state index in [0.717, 1.165) is 29.7 Å². The van der Waals surface area contributed by atoms with Gasteiger partial charge >= 0.3 is 30.4 Å². The Morgan fingerprint density at radius 2 is 1.95 bits per heavy atom. The number of hydrogen-bond acceptors (Lipinski definition) is 3. The van der Waals surface area contributed by atoms with Gasteiger partial charge in [0.1, 0.15) is 0 Å². The maximum absolute atomic E-state index is 4.24. The van der Waals surface area contributed by atoms with Crippen LogP contribution in [0.25, 0.3) is 0 Å². The topological polar surface area (TPSA) is 40.9 Å². The van der Waals surface area contributed by atoms with Crippen molar-refractivity contribution in [3.05, 3.63) is 30.1 Å². The van der Waals surface area contributed by atoms with E-state index in [1.165, 1.54) is 19.3 Å². The minimum absolute atomic E-state index is 0.810. The number of piperidine rings is 1. The summed E-state index contributed by atoms with van der Waals surface area (Å²) in [6, 6.07) is 5.77. The van der Waals surface area contributed by atoms with Gasteiger partial charge < -0.3 is 4.90 Å². The first-order valence-corrected chi connectivity index (χ1v) is 8.18. The molecular weight excluding hydrogens is 343 g/mol. The Kier molecular flexibility index (Phi) is 8.94. The zero-order valence-corrected chi connectivity index (χ0v) is 14.0. The van der Waals surface area contributed by atoms with Crippen LogP contribution >= 0.6 is 10.1 Å². The molecule has 2 heterocycles. The number of pyridine rings is 1. The zero-order chi connectivity index (χ0) is 14.8. The number of aromatic nitrogens is 1. The van der Waals surface area contributed by atoms with Gasteiger partial charge in [-0.15, -0.1) is 5.10 Å². The summed E-state index contributed by atoms with van der Waals surface area (Å²) in [7, 11) is 4.20. The Balaban J connectivity index is 0.000000956. The van der Waals surface area contributed by atoms with Crippen molar-refractivity contribution in [2.45, 2.75) is 26.2 Å². The molecule has 0 N–H and O–H groups in total. The fraction of sp³-hybridized carbons (Fsp3) is 0.462. The second-order valence-corrected chi connectivity index (χ2v) is 4.82. The predicted octanol–water partition coefficient (Wildman–Crippen LogP) is 2.35. The zero-order valence-electron chi connectivity index (χ0n) is 11.3. The van der Waals surface area contributed by atoms with Crippen LogP contribution in [0.4, 0.5) is 0 Å². The van der Waals surface area contributed by atoms with Crippen LogP contribution < -0.4 is 0 Å². The van der Waals surface area contributed by atoms with E-state index in [0.29, 0.717) is 0 Å². The van der Waals surface area contributed by atoms with Crippen LogP contribution in [0.15, 0.2) is 34.6 Å². The summed E-state index contributed by atoms with van der Waals surface area (Å²) in [6.07, 6.45) is 5.53. The summed E-state index contributed by atoms with van der Waals surface area (Å²) in [5.74, 6) is 0. The summed E-state index contributed by atoms with van der Waals surface area (Å²) in [5.41, 5.74) is 1.68. The molecule has 1 aliphatic heterocycles. The molecule has 20 heavy (non-hydrogen) atoms. The van der Waals surface area contributed by atoms with Gasteiger partial charge in [-0.3, -0.25) is 4.98 Å². The van der Waals surface area contributed by atoms with Crippen molar-refractivity contribution < 1.29 is 15.1 Å². The molecule has 113 valence electrons. The van der Waals surface area contributed by atoms with E-state index in [-0.39, 0.29) is 0 Å². The average molecular weight is 362 g/mol. The molecular formula is C13H19ClCuN4S+2. The Morgan fingerprint density at radius 1 is 1.25 bits per heavy atom. The van der Waals surface area contributed by atoms with Crippen LogP contribution in [0.5, 0.6) is 0 Å². The van der Waals surface area contributed by atoms with E-state index in [4.69, 9.17) is 0 Å². The summed E-state index contributed by atoms with van der Waals surface area (Å²) in [6.45, 7) is 4.03. The van der Waals surface area contributed by atoms with Crippen LogP contribution in [0.3, 0.4) is 0 Å². The van der Waals surface area contributed by atoms with Crippen molar-refractivity contribution in [3.8, 4) is 0 Å². The van der Waals surface area contributed by atoms with Crippen molar-refractivity contribution in [1.29, 1.82) is 0 Å². The summed E-state index contributed by atoms with van der Waals surface area (Å²) < 4.78 is 0. The molecule has 1 aromatic heterocycles. The maximum atomic E-state index is 4.24. The standard InChI is InChI=1S/C13H18N4S.ClH.Cu/c1-11(12-7-3-4-8-14-12)15-16-13(18)17-9-5-2-6-10-17;;/h3-4,7-8H,2,5-6,9-10H2,1H3,(H,16,18);1H;/q;;+2. The van der Waals surface area contributed by atoms with E-state index < -0.39 is 0 Å². The number of rotatable bonds is 2. The first-order chi connectivity index (χ1) is 9.77. The van der Waals surface area contributed by atoms with Gasteiger partial charge in [-0.05, 0) is 38.3 Å². The number of nitrogens with zero attached hydrogens (tertiary/aromatic N) is 4. The van der Waals surface area contributed by atoms with Gasteiger partial charge in [-0.1, -0.05) is 11.2 Å². The molecule has 4 nitrogen and oxygen atoms in total. The van der Waals surface area contributed by atoms with Gasteiger partial charge in [0.05, 0.1) is 11.4 Å².